The maximum Gasteiger partial charge on any atom is 1.00 e. The molecular weight excluding hydrogens is 501 g/mol. The molecule has 0 radical (unpaired) electrons. The fraction of sp³-hybridized carbons (Fsp3) is 0.0500. The molecule has 4 aromatic rings. The van der Waals surface area contributed by atoms with Gasteiger partial charge in [-0.1, -0.05) is 16.3 Å². The van der Waals surface area contributed by atoms with Gasteiger partial charge < -0.3 is 19.3 Å². The second-order valence-electron chi connectivity index (χ2n) is 6.20. The number of thiazole rings is 1. The Morgan fingerprint density at radius 3 is 2.48 bits per heavy atom. The molecule has 1 atom stereocenters. The first kappa shape index (κ1) is 28.2. The Bertz CT molecular complexity index is 1250. The number of imidazole rings is 1. The summed E-state index contributed by atoms with van der Waals surface area (Å²) in [6.07, 6.45) is 5.10. The standard InChI is InChI=1S/C20H15N4O4PS2.2Na/c1-24-8-6-22-20(24)31-17-11-13(18(25)23-19-21-7-9-30-19)10-15(12-17)28-14-2-4-16(5-3-14)29(26)27;;/h2-12H,1H3,(H,21,23,25);;/q;2*+1/p-1. The summed E-state index contributed by atoms with van der Waals surface area (Å²) < 4.78 is 18.8. The molecule has 0 saturated carbocycles. The Morgan fingerprint density at radius 2 is 1.88 bits per heavy atom. The number of aryl methyl sites for hydroxylation is 1. The van der Waals surface area contributed by atoms with Crippen LogP contribution in [-0.4, -0.2) is 20.4 Å². The topological polar surface area (TPSA) is 115 Å². The van der Waals surface area contributed by atoms with Crippen molar-refractivity contribution < 1.29 is 78.4 Å². The van der Waals surface area contributed by atoms with E-state index in [9.17, 15) is 14.6 Å². The van der Waals surface area contributed by atoms with E-state index in [-0.39, 0.29) is 64.4 Å². The van der Waals surface area contributed by atoms with E-state index in [1.807, 2.05) is 17.8 Å². The van der Waals surface area contributed by atoms with Crippen molar-refractivity contribution in [3.05, 3.63) is 72.0 Å². The molecule has 0 fully saturated rings. The average Bonchev–Trinajstić information content (AvgIpc) is 3.40. The third kappa shape index (κ3) is 7.73. The van der Waals surface area contributed by atoms with E-state index in [4.69, 9.17) is 4.74 Å². The van der Waals surface area contributed by atoms with Crippen LogP contribution in [0.5, 0.6) is 11.5 Å². The van der Waals surface area contributed by atoms with Crippen LogP contribution in [0.2, 0.25) is 0 Å². The zero-order chi connectivity index (χ0) is 21.8. The Balaban J connectivity index is 0.00000193. The summed E-state index contributed by atoms with van der Waals surface area (Å²) in [6.45, 7) is 0. The normalized spacial score (nSPS) is 11.3. The van der Waals surface area contributed by atoms with Crippen LogP contribution < -0.4 is 79.2 Å². The number of benzene rings is 2. The zero-order valence-electron chi connectivity index (χ0n) is 18.0. The van der Waals surface area contributed by atoms with Crippen LogP contribution in [0.1, 0.15) is 5.56 Å². The van der Waals surface area contributed by atoms with Crippen molar-refractivity contribution in [2.24, 2.45) is 12.0 Å². The molecule has 2 aromatic carbocycles. The van der Waals surface area contributed by atoms with Gasteiger partial charge in [-0.25, -0.2) is 15.0 Å². The third-order valence-corrected chi connectivity index (χ3v) is 6.45. The summed E-state index contributed by atoms with van der Waals surface area (Å²) in [5.74, 6) is 0.409. The number of hydrogen-bond acceptors (Lipinski definition) is 9. The molecule has 1 unspecified atom stereocenters. The molecule has 156 valence electrons. The van der Waals surface area contributed by atoms with E-state index in [1.54, 1.807) is 48.1 Å². The van der Waals surface area contributed by atoms with Gasteiger partial charge in [-0.15, -0.1) is 11.3 Å². The summed E-state index contributed by atoms with van der Waals surface area (Å²) >= 11 is 2.64. The summed E-state index contributed by atoms with van der Waals surface area (Å²) in [7, 11) is -0.787. The van der Waals surface area contributed by atoms with Crippen LogP contribution in [-0.2, 0) is 11.6 Å². The van der Waals surface area contributed by atoms with Gasteiger partial charge in [0, 0.05) is 35.9 Å². The largest absolute Gasteiger partial charge is 1.00 e. The minimum atomic E-state index is -2.66. The minimum Gasteiger partial charge on any atom is -0.858 e. The summed E-state index contributed by atoms with van der Waals surface area (Å²) in [4.78, 5) is 24.2. The van der Waals surface area contributed by atoms with E-state index in [0.29, 0.717) is 22.2 Å². The first-order valence-corrected chi connectivity index (χ1v) is 11.7. The van der Waals surface area contributed by atoms with Crippen LogP contribution >= 0.6 is 31.1 Å². The van der Waals surface area contributed by atoms with Crippen molar-refractivity contribution in [1.82, 2.24) is 14.5 Å². The predicted molar refractivity (Wildman–Crippen MR) is 116 cm³/mol. The van der Waals surface area contributed by atoms with Gasteiger partial charge in [0.15, 0.2) is 10.5 Å². The van der Waals surface area contributed by atoms with Gasteiger partial charge in [0.1, 0.15) is 11.5 Å². The Labute approximate surface area is 243 Å². The van der Waals surface area contributed by atoms with Gasteiger partial charge in [0.2, 0.25) is 5.13 Å². The number of nitrogens with zero attached hydrogens (tertiary/aromatic N) is 4. The fourth-order valence-electron chi connectivity index (χ4n) is 2.56. The van der Waals surface area contributed by atoms with E-state index >= 15 is 0 Å². The number of hydrogen-bond donors (Lipinski definition) is 0. The molecule has 0 aliphatic carbocycles. The molecule has 2 heterocycles. The molecule has 0 aliphatic rings. The molecule has 0 amide bonds. The Morgan fingerprint density at radius 1 is 1.12 bits per heavy atom. The molecule has 0 bridgehead atoms. The second kappa shape index (κ2) is 13.2. The van der Waals surface area contributed by atoms with Crippen molar-refractivity contribution in [1.29, 1.82) is 0 Å². The number of ether oxygens (including phenoxy) is 1. The number of aliphatic imine (C=N–C) groups is 1. The van der Waals surface area contributed by atoms with Crippen molar-refractivity contribution in [2.75, 3.05) is 0 Å². The maximum absolute atomic E-state index is 12.7. The molecule has 0 saturated heterocycles. The van der Waals surface area contributed by atoms with Crippen molar-refractivity contribution in [2.45, 2.75) is 10.1 Å². The van der Waals surface area contributed by atoms with Crippen LogP contribution in [0, 0.1) is 0 Å². The molecule has 0 spiro atoms. The molecule has 2 aromatic heterocycles. The quantitative estimate of drug-likeness (QED) is 0.112. The smallest absolute Gasteiger partial charge is 0.858 e. The number of rotatable bonds is 7. The molecule has 8 nitrogen and oxygen atoms in total. The average molecular weight is 515 g/mol. The zero-order valence-corrected chi connectivity index (χ0v) is 24.6. The molecule has 4 rings (SSSR count). The van der Waals surface area contributed by atoms with E-state index in [1.165, 1.54) is 35.2 Å². The van der Waals surface area contributed by atoms with Crippen molar-refractivity contribution in [3.8, 4) is 11.5 Å². The molecule has 33 heavy (non-hydrogen) atoms. The molecule has 13 heteroatoms. The van der Waals surface area contributed by atoms with Crippen LogP contribution in [0.15, 0.2) is 81.5 Å². The van der Waals surface area contributed by atoms with Crippen LogP contribution in [0.25, 0.3) is 0 Å². The molecule has 0 aliphatic heterocycles. The van der Waals surface area contributed by atoms with Crippen LogP contribution in [0.3, 0.4) is 0 Å². The van der Waals surface area contributed by atoms with E-state index in [0.717, 1.165) is 10.1 Å². The summed E-state index contributed by atoms with van der Waals surface area (Å²) in [5.41, 5.74) is 0.337. The Hall–Kier alpha value is -1.04. The second-order valence-corrected chi connectivity index (χ2v) is 9.14. The van der Waals surface area contributed by atoms with E-state index in [2.05, 4.69) is 15.0 Å². The Kier molecular flexibility index (Phi) is 11.2. The first-order valence-electron chi connectivity index (χ1n) is 8.86. The first-order chi connectivity index (χ1) is 15.0. The van der Waals surface area contributed by atoms with Crippen molar-refractivity contribution in [3.63, 3.8) is 0 Å². The predicted octanol–water partition coefficient (Wildman–Crippen LogP) is -3.01. The third-order valence-electron chi connectivity index (χ3n) is 4.01. The van der Waals surface area contributed by atoms with E-state index < -0.39 is 13.9 Å². The SMILES string of the molecule is Cn1ccnc1Sc1cc(Oc2ccc([P+](=O)[O-])cc2)cc(C([O-])=Nc2nccs2)c1.[Na+].[Na+]. The van der Waals surface area contributed by atoms with Gasteiger partial charge in [-0.05, 0) is 53.9 Å². The van der Waals surface area contributed by atoms with Crippen molar-refractivity contribution >= 4 is 47.5 Å². The van der Waals surface area contributed by atoms with Gasteiger partial charge in [0.25, 0.3) is 0 Å². The molecular formula is C20H14N4Na2O4PS2+. The molecule has 0 N–H and O–H groups in total. The fourth-order valence-corrected chi connectivity index (χ4v) is 4.35. The maximum atomic E-state index is 12.7. The van der Waals surface area contributed by atoms with Gasteiger partial charge in [-0.2, -0.15) is 0 Å². The van der Waals surface area contributed by atoms with Crippen LogP contribution in [0.4, 0.5) is 5.13 Å². The monoisotopic (exact) mass is 515 g/mol. The number of aromatic nitrogens is 3. The van der Waals surface area contributed by atoms with Gasteiger partial charge >= 0.3 is 67.1 Å². The summed E-state index contributed by atoms with van der Waals surface area (Å²) in [6, 6.07) is 11.1. The summed E-state index contributed by atoms with van der Waals surface area (Å²) in [5, 5.41) is 15.8. The van der Waals surface area contributed by atoms with Gasteiger partial charge in [0.05, 0.1) is 0 Å². The van der Waals surface area contributed by atoms with Gasteiger partial charge in [-0.3, -0.25) is 0 Å². The minimum absolute atomic E-state index is 0.